The van der Waals surface area contributed by atoms with Gasteiger partial charge in [-0.05, 0) is 23.8 Å². The third-order valence-corrected chi connectivity index (χ3v) is 3.10. The van der Waals surface area contributed by atoms with E-state index < -0.39 is 5.82 Å². The minimum absolute atomic E-state index is 0.131. The zero-order valence-electron chi connectivity index (χ0n) is 12.1. The predicted octanol–water partition coefficient (Wildman–Crippen LogP) is 3.59. The first-order chi connectivity index (χ1) is 11.1. The summed E-state index contributed by atoms with van der Waals surface area (Å²) in [6.45, 7) is 0. The Morgan fingerprint density at radius 1 is 1.13 bits per heavy atom. The van der Waals surface area contributed by atoms with Crippen molar-refractivity contribution in [1.29, 1.82) is 10.5 Å². The van der Waals surface area contributed by atoms with Gasteiger partial charge in [-0.1, -0.05) is 30.3 Å². The van der Waals surface area contributed by atoms with Crippen molar-refractivity contribution in [3.05, 3.63) is 77.2 Å². The van der Waals surface area contributed by atoms with Crippen LogP contribution >= 0.6 is 0 Å². The van der Waals surface area contributed by atoms with E-state index in [0.717, 1.165) is 11.6 Å². The molecule has 0 fully saturated rings. The zero-order valence-corrected chi connectivity index (χ0v) is 12.1. The van der Waals surface area contributed by atoms with E-state index in [0.29, 0.717) is 5.69 Å². The number of nitrogens with one attached hydrogen (secondary N) is 1. The van der Waals surface area contributed by atoms with E-state index in [4.69, 9.17) is 10.5 Å². The van der Waals surface area contributed by atoms with Crippen LogP contribution < -0.4 is 5.32 Å². The molecule has 0 saturated carbocycles. The molecule has 0 saturated heterocycles. The fourth-order valence-electron chi connectivity index (χ4n) is 1.99. The molecule has 23 heavy (non-hydrogen) atoms. The van der Waals surface area contributed by atoms with Gasteiger partial charge >= 0.3 is 0 Å². The molecule has 0 aliphatic rings. The molecular weight excluding hydrogens is 293 g/mol. The Hall–Kier alpha value is -3.44. The predicted molar refractivity (Wildman–Crippen MR) is 83.8 cm³/mol. The maximum absolute atomic E-state index is 13.5. The SMILES string of the molecule is N#CC(C#N)=CNc1ccc(F)cc1C(=O)Cc1ccccc1. The quantitative estimate of drug-likeness (QED) is 0.676. The number of nitrogens with zero attached hydrogens (tertiary/aromatic N) is 2. The van der Waals surface area contributed by atoms with Gasteiger partial charge in [0.05, 0.1) is 0 Å². The molecule has 2 aromatic carbocycles. The standard InChI is InChI=1S/C18H12FN3O/c19-15-6-7-17(22-12-14(10-20)11-21)16(9-15)18(23)8-13-4-2-1-3-5-13/h1-7,9,12,22H,8H2. The number of Topliss-reactive ketones (excluding diaryl/α,β-unsaturated/α-hetero) is 1. The molecule has 0 radical (unpaired) electrons. The van der Waals surface area contributed by atoms with Crippen molar-refractivity contribution in [3.8, 4) is 12.1 Å². The first-order valence-electron chi connectivity index (χ1n) is 6.77. The van der Waals surface area contributed by atoms with Gasteiger partial charge in [-0.3, -0.25) is 4.79 Å². The molecule has 0 amide bonds. The highest BCUT2D eigenvalue weighted by atomic mass is 19.1. The molecular formula is C18H12FN3O. The first kappa shape index (κ1) is 15.9. The second-order valence-electron chi connectivity index (χ2n) is 4.70. The minimum atomic E-state index is -0.531. The molecule has 0 heterocycles. The van der Waals surface area contributed by atoms with Gasteiger partial charge in [0.1, 0.15) is 23.5 Å². The molecule has 0 spiro atoms. The number of allylic oxidation sites excluding steroid dienone is 1. The summed E-state index contributed by atoms with van der Waals surface area (Å²) in [6, 6.07) is 16.3. The van der Waals surface area contributed by atoms with Crippen LogP contribution in [0.5, 0.6) is 0 Å². The summed E-state index contributed by atoms with van der Waals surface area (Å²) in [4.78, 5) is 12.4. The Balaban J connectivity index is 2.29. The highest BCUT2D eigenvalue weighted by Crippen LogP contribution is 2.20. The smallest absolute Gasteiger partial charge is 0.169 e. The van der Waals surface area contributed by atoms with Crippen LogP contribution in [0, 0.1) is 28.5 Å². The van der Waals surface area contributed by atoms with Crippen molar-refractivity contribution in [1.82, 2.24) is 0 Å². The number of hydrogen-bond donors (Lipinski definition) is 1. The van der Waals surface area contributed by atoms with Gasteiger partial charge in [-0.2, -0.15) is 10.5 Å². The highest BCUT2D eigenvalue weighted by Gasteiger charge is 2.13. The normalized spacial score (nSPS) is 9.35. The van der Waals surface area contributed by atoms with E-state index >= 15 is 0 Å². The summed E-state index contributed by atoms with van der Waals surface area (Å²) < 4.78 is 13.5. The van der Waals surface area contributed by atoms with Crippen molar-refractivity contribution in [2.75, 3.05) is 5.32 Å². The summed E-state index contributed by atoms with van der Waals surface area (Å²) in [7, 11) is 0. The van der Waals surface area contributed by atoms with Crippen molar-refractivity contribution in [2.45, 2.75) is 6.42 Å². The Morgan fingerprint density at radius 2 is 1.83 bits per heavy atom. The lowest BCUT2D eigenvalue weighted by molar-refractivity contribution is 0.0993. The highest BCUT2D eigenvalue weighted by molar-refractivity contribution is 6.02. The van der Waals surface area contributed by atoms with Gasteiger partial charge in [0.15, 0.2) is 5.78 Å². The lowest BCUT2D eigenvalue weighted by atomic mass is 10.0. The van der Waals surface area contributed by atoms with Crippen molar-refractivity contribution in [2.24, 2.45) is 0 Å². The van der Waals surface area contributed by atoms with Gasteiger partial charge in [-0.15, -0.1) is 0 Å². The van der Waals surface area contributed by atoms with E-state index in [2.05, 4.69) is 5.32 Å². The van der Waals surface area contributed by atoms with E-state index in [1.54, 1.807) is 12.1 Å². The van der Waals surface area contributed by atoms with Crippen molar-refractivity contribution < 1.29 is 9.18 Å². The molecule has 0 unspecified atom stereocenters. The summed E-state index contributed by atoms with van der Waals surface area (Å²) in [5, 5.41) is 20.1. The van der Waals surface area contributed by atoms with E-state index in [-0.39, 0.29) is 23.3 Å². The Kier molecular flexibility index (Phi) is 5.22. The number of hydrogen-bond acceptors (Lipinski definition) is 4. The summed E-state index contributed by atoms with van der Waals surface area (Å²) in [5.41, 5.74) is 1.18. The van der Waals surface area contributed by atoms with Gasteiger partial charge in [0.25, 0.3) is 0 Å². The van der Waals surface area contributed by atoms with Crippen LogP contribution in [-0.2, 0) is 6.42 Å². The molecule has 0 aromatic heterocycles. The Morgan fingerprint density at radius 3 is 2.48 bits per heavy atom. The van der Waals surface area contributed by atoms with E-state index in [1.807, 2.05) is 30.3 Å². The van der Waals surface area contributed by atoms with Gasteiger partial charge in [-0.25, -0.2) is 4.39 Å². The number of ketones is 1. The van der Waals surface area contributed by atoms with Crippen LogP contribution in [-0.4, -0.2) is 5.78 Å². The maximum Gasteiger partial charge on any atom is 0.169 e. The zero-order chi connectivity index (χ0) is 16.7. The molecule has 2 rings (SSSR count). The molecule has 5 heteroatoms. The van der Waals surface area contributed by atoms with Crippen LogP contribution in [0.3, 0.4) is 0 Å². The number of rotatable bonds is 5. The average Bonchev–Trinajstić information content (AvgIpc) is 2.57. The third-order valence-electron chi connectivity index (χ3n) is 3.10. The number of nitriles is 2. The fourth-order valence-corrected chi connectivity index (χ4v) is 1.99. The summed E-state index contributed by atoms with van der Waals surface area (Å²) in [6.07, 6.45) is 1.32. The van der Waals surface area contributed by atoms with Crippen LogP contribution in [0.4, 0.5) is 10.1 Å². The number of benzene rings is 2. The minimum Gasteiger partial charge on any atom is -0.359 e. The molecule has 0 bridgehead atoms. The number of halogens is 1. The molecule has 0 aliphatic heterocycles. The monoisotopic (exact) mass is 305 g/mol. The van der Waals surface area contributed by atoms with Gasteiger partial charge in [0.2, 0.25) is 0 Å². The fraction of sp³-hybridized carbons (Fsp3) is 0.0556. The summed E-state index contributed by atoms with van der Waals surface area (Å²) >= 11 is 0. The van der Waals surface area contributed by atoms with Crippen LogP contribution in [0.25, 0.3) is 0 Å². The summed E-state index contributed by atoms with van der Waals surface area (Å²) in [5.74, 6) is -0.793. The molecule has 0 aliphatic carbocycles. The Bertz CT molecular complexity index is 814. The molecule has 2 aromatic rings. The first-order valence-corrected chi connectivity index (χ1v) is 6.77. The van der Waals surface area contributed by atoms with Gasteiger partial charge < -0.3 is 5.32 Å². The number of carbonyl (C=O) groups excluding carboxylic acids is 1. The van der Waals surface area contributed by atoms with Crippen LogP contribution in [0.15, 0.2) is 60.3 Å². The second kappa shape index (κ2) is 7.53. The molecule has 112 valence electrons. The number of anilines is 1. The molecule has 4 nitrogen and oxygen atoms in total. The lowest BCUT2D eigenvalue weighted by Crippen LogP contribution is -2.07. The van der Waals surface area contributed by atoms with Crippen molar-refractivity contribution in [3.63, 3.8) is 0 Å². The molecule has 1 N–H and O–H groups in total. The number of carbonyl (C=O) groups is 1. The van der Waals surface area contributed by atoms with E-state index in [1.165, 1.54) is 18.3 Å². The van der Waals surface area contributed by atoms with E-state index in [9.17, 15) is 9.18 Å². The van der Waals surface area contributed by atoms with Crippen LogP contribution in [0.1, 0.15) is 15.9 Å². The topological polar surface area (TPSA) is 76.7 Å². The largest absolute Gasteiger partial charge is 0.359 e. The third kappa shape index (κ3) is 4.26. The maximum atomic E-state index is 13.5. The van der Waals surface area contributed by atoms with Gasteiger partial charge in [0, 0.05) is 23.9 Å². The van der Waals surface area contributed by atoms with Crippen molar-refractivity contribution >= 4 is 11.5 Å². The lowest BCUT2D eigenvalue weighted by Gasteiger charge is -2.09. The molecule has 0 atom stereocenters. The Labute approximate surface area is 133 Å². The second-order valence-corrected chi connectivity index (χ2v) is 4.70. The average molecular weight is 305 g/mol. The van der Waals surface area contributed by atoms with Crippen LogP contribution in [0.2, 0.25) is 0 Å².